The average Bonchev–Trinajstić information content (AvgIpc) is 2.70. The maximum atomic E-state index is 14.4. The number of nitrogens with two attached hydrogens (primary N) is 2. The molecule has 8 heteroatoms. The van der Waals surface area contributed by atoms with Gasteiger partial charge in [-0.3, -0.25) is 9.78 Å². The Bertz CT molecular complexity index is 1010. The van der Waals surface area contributed by atoms with Crippen LogP contribution >= 0.6 is 0 Å². The van der Waals surface area contributed by atoms with Crippen molar-refractivity contribution in [2.75, 3.05) is 10.6 Å². The van der Waals surface area contributed by atoms with Gasteiger partial charge in [0, 0.05) is 23.8 Å². The second-order valence-corrected chi connectivity index (χ2v) is 6.82. The standard InChI is InChI=1S/C21H23FN6O/c1-12(23)13(2)26-21-18(22)9-17(19(24)29)20(28-21)27-16-8-15(10-25-11-16)14-6-4-3-5-7-14/h3-13H,23H2,1-2H3,(H2,24,29)(H2,26,27,28)/t12-,13+/m0/s1. The molecule has 3 aromatic rings. The molecule has 150 valence electrons. The fraction of sp³-hybridized carbons (Fsp3) is 0.190. The van der Waals surface area contributed by atoms with Crippen LogP contribution in [0.25, 0.3) is 11.1 Å². The molecule has 0 saturated heterocycles. The van der Waals surface area contributed by atoms with Gasteiger partial charge in [0.05, 0.1) is 17.4 Å². The predicted molar refractivity (Wildman–Crippen MR) is 112 cm³/mol. The van der Waals surface area contributed by atoms with E-state index in [-0.39, 0.29) is 29.3 Å². The van der Waals surface area contributed by atoms with Crippen LogP contribution in [0.5, 0.6) is 0 Å². The number of hydrogen-bond donors (Lipinski definition) is 4. The third kappa shape index (κ3) is 4.85. The average molecular weight is 394 g/mol. The van der Waals surface area contributed by atoms with Crippen LogP contribution < -0.4 is 22.1 Å². The van der Waals surface area contributed by atoms with E-state index in [9.17, 15) is 9.18 Å². The van der Waals surface area contributed by atoms with E-state index in [4.69, 9.17) is 11.5 Å². The summed E-state index contributed by atoms with van der Waals surface area (Å²) >= 11 is 0. The van der Waals surface area contributed by atoms with E-state index in [1.807, 2.05) is 43.3 Å². The van der Waals surface area contributed by atoms with Gasteiger partial charge in [-0.15, -0.1) is 0 Å². The lowest BCUT2D eigenvalue weighted by Crippen LogP contribution is -2.35. The monoisotopic (exact) mass is 394 g/mol. The second-order valence-electron chi connectivity index (χ2n) is 6.82. The summed E-state index contributed by atoms with van der Waals surface area (Å²) in [6.45, 7) is 3.61. The Morgan fingerprint density at radius 3 is 2.45 bits per heavy atom. The van der Waals surface area contributed by atoms with Crippen molar-refractivity contribution in [3.8, 4) is 11.1 Å². The van der Waals surface area contributed by atoms with Gasteiger partial charge < -0.3 is 22.1 Å². The summed E-state index contributed by atoms with van der Waals surface area (Å²) in [6, 6.07) is 12.2. The van der Waals surface area contributed by atoms with Crippen LogP contribution in [0.2, 0.25) is 0 Å². The van der Waals surface area contributed by atoms with Gasteiger partial charge in [-0.25, -0.2) is 9.37 Å². The zero-order valence-corrected chi connectivity index (χ0v) is 16.2. The van der Waals surface area contributed by atoms with Crippen LogP contribution in [0.4, 0.5) is 21.7 Å². The number of benzene rings is 1. The first-order valence-corrected chi connectivity index (χ1v) is 9.15. The van der Waals surface area contributed by atoms with Crippen molar-refractivity contribution in [2.45, 2.75) is 25.9 Å². The molecule has 0 unspecified atom stereocenters. The minimum atomic E-state index is -0.794. The number of carbonyl (C=O) groups is 1. The Labute approximate surface area is 168 Å². The van der Waals surface area contributed by atoms with Gasteiger partial charge in [-0.2, -0.15) is 0 Å². The van der Waals surface area contributed by atoms with Gasteiger partial charge in [0.1, 0.15) is 5.82 Å². The van der Waals surface area contributed by atoms with Gasteiger partial charge in [0.15, 0.2) is 11.6 Å². The summed E-state index contributed by atoms with van der Waals surface area (Å²) in [5.74, 6) is -1.37. The highest BCUT2D eigenvalue weighted by Crippen LogP contribution is 2.26. The smallest absolute Gasteiger partial charge is 0.252 e. The Kier molecular flexibility index (Phi) is 6.04. The van der Waals surface area contributed by atoms with Gasteiger partial charge in [-0.05, 0) is 31.5 Å². The molecule has 0 radical (unpaired) electrons. The first-order chi connectivity index (χ1) is 13.8. The molecule has 29 heavy (non-hydrogen) atoms. The lowest BCUT2D eigenvalue weighted by atomic mass is 10.1. The summed E-state index contributed by atoms with van der Waals surface area (Å²) in [7, 11) is 0. The highest BCUT2D eigenvalue weighted by molar-refractivity contribution is 5.98. The lowest BCUT2D eigenvalue weighted by Gasteiger charge is -2.20. The van der Waals surface area contributed by atoms with Gasteiger partial charge in [0.2, 0.25) is 0 Å². The number of halogens is 1. The molecule has 0 fully saturated rings. The largest absolute Gasteiger partial charge is 0.365 e. The van der Waals surface area contributed by atoms with E-state index in [1.165, 1.54) is 0 Å². The summed E-state index contributed by atoms with van der Waals surface area (Å²) in [5, 5.41) is 5.94. The van der Waals surface area contributed by atoms with Crippen LogP contribution in [0.1, 0.15) is 24.2 Å². The molecule has 0 aliphatic carbocycles. The molecule has 7 nitrogen and oxygen atoms in total. The van der Waals surface area contributed by atoms with Gasteiger partial charge in [-0.1, -0.05) is 30.3 Å². The molecule has 2 aromatic heterocycles. The molecule has 0 spiro atoms. The van der Waals surface area contributed by atoms with Crippen LogP contribution in [0, 0.1) is 5.82 Å². The summed E-state index contributed by atoms with van der Waals surface area (Å²) in [4.78, 5) is 20.3. The first kappa shape index (κ1) is 20.2. The minimum absolute atomic E-state index is 0.0190. The highest BCUT2D eigenvalue weighted by Gasteiger charge is 2.18. The highest BCUT2D eigenvalue weighted by atomic mass is 19.1. The van der Waals surface area contributed by atoms with Crippen molar-refractivity contribution < 1.29 is 9.18 Å². The molecule has 2 heterocycles. The van der Waals surface area contributed by atoms with E-state index < -0.39 is 11.7 Å². The normalized spacial score (nSPS) is 12.8. The number of aromatic nitrogens is 2. The van der Waals surface area contributed by atoms with Crippen molar-refractivity contribution in [2.24, 2.45) is 11.5 Å². The Morgan fingerprint density at radius 2 is 1.79 bits per heavy atom. The Morgan fingerprint density at radius 1 is 1.07 bits per heavy atom. The maximum absolute atomic E-state index is 14.4. The SMILES string of the molecule is C[C@H](N)[C@@H](C)Nc1nc(Nc2cncc(-c3ccccc3)c2)c(C(N)=O)cc1F. The van der Waals surface area contributed by atoms with Crippen LogP contribution in [-0.2, 0) is 0 Å². The van der Waals surface area contributed by atoms with Crippen molar-refractivity contribution in [3.05, 3.63) is 66.2 Å². The number of nitrogens with one attached hydrogen (secondary N) is 2. The van der Waals surface area contributed by atoms with E-state index in [0.29, 0.717) is 5.69 Å². The minimum Gasteiger partial charge on any atom is -0.365 e. The maximum Gasteiger partial charge on any atom is 0.252 e. The number of carbonyl (C=O) groups excluding carboxylic acids is 1. The molecular weight excluding hydrogens is 371 g/mol. The molecule has 1 aromatic carbocycles. The number of anilines is 3. The van der Waals surface area contributed by atoms with Crippen LogP contribution in [0.15, 0.2) is 54.9 Å². The van der Waals surface area contributed by atoms with E-state index in [0.717, 1.165) is 17.2 Å². The fourth-order valence-corrected chi connectivity index (χ4v) is 2.65. The molecule has 0 saturated carbocycles. The molecule has 3 rings (SSSR count). The summed E-state index contributed by atoms with van der Waals surface area (Å²) < 4.78 is 14.4. The number of primary amides is 1. The van der Waals surface area contributed by atoms with Gasteiger partial charge >= 0.3 is 0 Å². The van der Waals surface area contributed by atoms with Crippen LogP contribution in [-0.4, -0.2) is 28.0 Å². The van der Waals surface area contributed by atoms with E-state index >= 15 is 0 Å². The number of pyridine rings is 2. The molecule has 1 amide bonds. The summed E-state index contributed by atoms with van der Waals surface area (Å²) in [5.41, 5.74) is 13.6. The Hall–Kier alpha value is -3.52. The molecule has 0 bridgehead atoms. The molecular formula is C21H23FN6O. The number of nitrogens with zero attached hydrogens (tertiary/aromatic N) is 2. The number of hydrogen-bond acceptors (Lipinski definition) is 6. The molecule has 0 aliphatic heterocycles. The number of amides is 1. The lowest BCUT2D eigenvalue weighted by molar-refractivity contribution is 0.100. The van der Waals surface area contributed by atoms with Crippen molar-refractivity contribution in [3.63, 3.8) is 0 Å². The predicted octanol–water partition coefficient (Wildman–Crippen LogP) is 3.27. The molecule has 2 atom stereocenters. The third-order valence-corrected chi connectivity index (χ3v) is 4.50. The quantitative estimate of drug-likeness (QED) is 0.488. The fourth-order valence-electron chi connectivity index (χ4n) is 2.65. The van der Waals surface area contributed by atoms with Crippen molar-refractivity contribution in [1.82, 2.24) is 9.97 Å². The topological polar surface area (TPSA) is 119 Å². The first-order valence-electron chi connectivity index (χ1n) is 9.15. The van der Waals surface area contributed by atoms with Crippen molar-refractivity contribution in [1.29, 1.82) is 0 Å². The second kappa shape index (κ2) is 8.66. The molecule has 0 aliphatic rings. The summed E-state index contributed by atoms with van der Waals surface area (Å²) in [6.07, 6.45) is 3.31. The zero-order valence-electron chi connectivity index (χ0n) is 16.2. The van der Waals surface area contributed by atoms with Crippen molar-refractivity contribution >= 4 is 23.2 Å². The van der Waals surface area contributed by atoms with Crippen LogP contribution in [0.3, 0.4) is 0 Å². The van der Waals surface area contributed by atoms with Gasteiger partial charge in [0.25, 0.3) is 5.91 Å². The Balaban J connectivity index is 1.96. The zero-order chi connectivity index (χ0) is 21.0. The molecule has 6 N–H and O–H groups in total. The third-order valence-electron chi connectivity index (χ3n) is 4.50. The van der Waals surface area contributed by atoms with E-state index in [2.05, 4.69) is 20.6 Å². The van der Waals surface area contributed by atoms with E-state index in [1.54, 1.807) is 19.3 Å². The number of rotatable bonds is 7.